The number of carboxylic acids is 1. The van der Waals surface area contributed by atoms with Crippen LogP contribution in [-0.2, 0) is 31.2 Å². The van der Waals surface area contributed by atoms with Crippen molar-refractivity contribution in [3.63, 3.8) is 0 Å². The van der Waals surface area contributed by atoms with E-state index in [1.807, 2.05) is 0 Å². The van der Waals surface area contributed by atoms with E-state index in [4.69, 9.17) is 28.3 Å². The van der Waals surface area contributed by atoms with Crippen LogP contribution >= 0.6 is 23.2 Å². The number of aromatic nitrogens is 1. The van der Waals surface area contributed by atoms with Crippen LogP contribution in [0.1, 0.15) is 53.5 Å². The summed E-state index contributed by atoms with van der Waals surface area (Å²) in [7, 11) is 0. The summed E-state index contributed by atoms with van der Waals surface area (Å²) >= 11 is 12.6. The smallest absolute Gasteiger partial charge is 0.335 e. The third-order valence-electron chi connectivity index (χ3n) is 5.57. The lowest BCUT2D eigenvalue weighted by molar-refractivity contribution is 0.0697. The van der Waals surface area contributed by atoms with E-state index < -0.39 is 5.97 Å². The molecule has 1 N–H and O–H groups in total. The summed E-state index contributed by atoms with van der Waals surface area (Å²) in [5.41, 5.74) is 4.16. The van der Waals surface area contributed by atoms with Gasteiger partial charge in [0.2, 0.25) is 0 Å². The lowest BCUT2D eigenvalue weighted by Crippen LogP contribution is -2.25. The number of carbonyl (C=O) groups is 1. The van der Waals surface area contributed by atoms with Crippen molar-refractivity contribution in [1.82, 2.24) is 4.57 Å². The fourth-order valence-corrected chi connectivity index (χ4v) is 4.21. The van der Waals surface area contributed by atoms with Gasteiger partial charge < -0.3 is 9.67 Å². The van der Waals surface area contributed by atoms with Crippen LogP contribution < -0.4 is 5.56 Å². The highest BCUT2D eigenvalue weighted by Gasteiger charge is 2.16. The Hall–Kier alpha value is -2.56. The van der Waals surface area contributed by atoms with E-state index in [2.05, 4.69) is 45.0 Å². The van der Waals surface area contributed by atoms with Crippen molar-refractivity contribution >= 4 is 29.2 Å². The van der Waals surface area contributed by atoms with E-state index >= 15 is 0 Å². The minimum Gasteiger partial charge on any atom is -0.478 e. The molecule has 0 radical (unpaired) electrons. The Kier molecular flexibility index (Phi) is 7.47. The van der Waals surface area contributed by atoms with Crippen molar-refractivity contribution in [1.29, 1.82) is 0 Å². The first-order valence-electron chi connectivity index (χ1n) is 10.6. The monoisotopic (exact) mass is 471 g/mol. The van der Waals surface area contributed by atoms with Crippen molar-refractivity contribution in [2.45, 2.75) is 52.0 Å². The van der Waals surface area contributed by atoms with Crippen LogP contribution in [-0.4, -0.2) is 15.6 Å². The molecular formula is C26H27Cl2NO3. The molecule has 0 amide bonds. The molecule has 1 heterocycles. The number of nitrogens with zero attached hydrogens (tertiary/aromatic N) is 1. The molecule has 0 bridgehead atoms. The minimum absolute atomic E-state index is 0.0617. The lowest BCUT2D eigenvalue weighted by atomic mass is 9.86. The third-order valence-corrected chi connectivity index (χ3v) is 6.17. The van der Waals surface area contributed by atoms with Gasteiger partial charge in [-0.15, -0.1) is 0 Å². The van der Waals surface area contributed by atoms with Crippen molar-refractivity contribution in [2.24, 2.45) is 0 Å². The summed E-state index contributed by atoms with van der Waals surface area (Å²) in [5.74, 6) is -0.966. The number of benzene rings is 2. The maximum absolute atomic E-state index is 12.8. The molecule has 0 aliphatic rings. The normalized spacial score (nSPS) is 11.5. The molecule has 2 aromatic carbocycles. The molecular weight excluding hydrogens is 445 g/mol. The predicted octanol–water partition coefficient (Wildman–Crippen LogP) is 6.18. The molecule has 0 fully saturated rings. The molecule has 3 aromatic rings. The Morgan fingerprint density at radius 2 is 1.59 bits per heavy atom. The predicted molar refractivity (Wildman–Crippen MR) is 130 cm³/mol. The number of aryl methyl sites for hydroxylation is 2. The Morgan fingerprint density at radius 3 is 2.22 bits per heavy atom. The average Bonchev–Trinajstić information content (AvgIpc) is 2.74. The van der Waals surface area contributed by atoms with E-state index in [0.717, 1.165) is 17.7 Å². The molecule has 32 heavy (non-hydrogen) atoms. The van der Waals surface area contributed by atoms with Crippen LogP contribution in [0, 0.1) is 0 Å². The highest BCUT2D eigenvalue weighted by molar-refractivity contribution is 6.34. The highest BCUT2D eigenvalue weighted by atomic mass is 35.5. The molecule has 0 saturated heterocycles. The summed E-state index contributed by atoms with van der Waals surface area (Å²) in [6.45, 7) is 6.96. The molecule has 0 aliphatic carbocycles. The molecule has 0 aliphatic heterocycles. The van der Waals surface area contributed by atoms with E-state index in [1.165, 1.54) is 17.2 Å². The minimum atomic E-state index is -0.966. The third kappa shape index (κ3) is 5.81. The molecule has 3 rings (SSSR count). The van der Waals surface area contributed by atoms with Gasteiger partial charge in [-0.3, -0.25) is 4.79 Å². The first-order chi connectivity index (χ1) is 15.1. The van der Waals surface area contributed by atoms with E-state index in [1.54, 1.807) is 28.8 Å². The van der Waals surface area contributed by atoms with Crippen LogP contribution in [0.3, 0.4) is 0 Å². The van der Waals surface area contributed by atoms with Gasteiger partial charge in [0, 0.05) is 12.2 Å². The average molecular weight is 472 g/mol. The molecule has 0 atom stereocenters. The summed E-state index contributed by atoms with van der Waals surface area (Å²) in [5, 5.41) is 9.62. The zero-order chi connectivity index (χ0) is 23.5. The molecule has 6 heteroatoms. The Balaban J connectivity index is 1.83. The summed E-state index contributed by atoms with van der Waals surface area (Å²) in [4.78, 5) is 23.8. The van der Waals surface area contributed by atoms with Gasteiger partial charge in [0.15, 0.2) is 0 Å². The second kappa shape index (κ2) is 9.93. The van der Waals surface area contributed by atoms with Gasteiger partial charge in [-0.2, -0.15) is 0 Å². The van der Waals surface area contributed by atoms with E-state index in [0.29, 0.717) is 24.4 Å². The molecule has 4 nitrogen and oxygen atoms in total. The molecule has 1 aromatic heterocycles. The van der Waals surface area contributed by atoms with Crippen LogP contribution in [0.15, 0.2) is 59.4 Å². The standard InChI is InChI=1S/C26H27Cl2NO3/c1-26(2,3)20-6-4-5-18(15-20)9-12-23-21(27)16-22(28)24(30)29(23)14-13-17-7-10-19(11-8-17)25(31)32/h4-8,10-11,15-16H,9,12-14H2,1-3H3,(H,31,32). The van der Waals surface area contributed by atoms with Gasteiger partial charge in [0.1, 0.15) is 5.02 Å². The van der Waals surface area contributed by atoms with Crippen molar-refractivity contribution < 1.29 is 9.90 Å². The summed E-state index contributed by atoms with van der Waals surface area (Å²) in [6.07, 6.45) is 1.91. The lowest BCUT2D eigenvalue weighted by Gasteiger charge is -2.20. The maximum Gasteiger partial charge on any atom is 0.335 e. The number of rotatable bonds is 7. The number of halogens is 2. The number of hydrogen-bond acceptors (Lipinski definition) is 2. The van der Waals surface area contributed by atoms with E-state index in [9.17, 15) is 9.59 Å². The number of pyridine rings is 1. The largest absolute Gasteiger partial charge is 0.478 e. The zero-order valence-corrected chi connectivity index (χ0v) is 20.0. The second-order valence-corrected chi connectivity index (χ2v) is 9.76. The van der Waals surface area contributed by atoms with Gasteiger partial charge in [-0.25, -0.2) is 4.79 Å². The van der Waals surface area contributed by atoms with Crippen molar-refractivity contribution in [2.75, 3.05) is 0 Å². The first-order valence-corrected chi connectivity index (χ1v) is 11.3. The SMILES string of the molecule is CC(C)(C)c1cccc(CCc2c(Cl)cc(Cl)c(=O)n2CCc2ccc(C(=O)O)cc2)c1. The molecule has 0 saturated carbocycles. The first kappa shape index (κ1) is 24.1. The maximum atomic E-state index is 12.8. The summed E-state index contributed by atoms with van der Waals surface area (Å²) in [6, 6.07) is 16.7. The second-order valence-electron chi connectivity index (χ2n) is 8.95. The molecule has 168 valence electrons. The number of aromatic carboxylic acids is 1. The van der Waals surface area contributed by atoms with Gasteiger partial charge in [-0.1, -0.05) is 80.4 Å². The molecule has 0 spiro atoms. The topological polar surface area (TPSA) is 59.3 Å². The zero-order valence-electron chi connectivity index (χ0n) is 18.5. The van der Waals surface area contributed by atoms with Crippen LogP contribution in [0.25, 0.3) is 0 Å². The van der Waals surface area contributed by atoms with Gasteiger partial charge in [0.05, 0.1) is 10.6 Å². The Morgan fingerprint density at radius 1 is 0.906 bits per heavy atom. The Bertz CT molecular complexity index is 1180. The fourth-order valence-electron chi connectivity index (χ4n) is 3.64. The van der Waals surface area contributed by atoms with Crippen LogP contribution in [0.4, 0.5) is 0 Å². The Labute approximate surface area is 198 Å². The van der Waals surface area contributed by atoms with E-state index in [-0.39, 0.29) is 21.6 Å². The highest BCUT2D eigenvalue weighted by Crippen LogP contribution is 2.25. The quantitative estimate of drug-likeness (QED) is 0.447. The van der Waals surface area contributed by atoms with Crippen molar-refractivity contribution in [3.05, 3.63) is 103 Å². The number of carboxylic acid groups (broad SMARTS) is 1. The van der Waals surface area contributed by atoms with Gasteiger partial charge in [0.25, 0.3) is 5.56 Å². The van der Waals surface area contributed by atoms with Crippen molar-refractivity contribution in [3.8, 4) is 0 Å². The molecule has 0 unspecified atom stereocenters. The fraction of sp³-hybridized carbons (Fsp3) is 0.308. The van der Waals surface area contributed by atoms with Gasteiger partial charge in [-0.05, 0) is 59.6 Å². The van der Waals surface area contributed by atoms with Crippen LogP contribution in [0.2, 0.25) is 10.0 Å². The van der Waals surface area contributed by atoms with Gasteiger partial charge >= 0.3 is 5.97 Å². The summed E-state index contributed by atoms with van der Waals surface area (Å²) < 4.78 is 1.64. The van der Waals surface area contributed by atoms with Crippen LogP contribution in [0.5, 0.6) is 0 Å². The number of hydrogen-bond donors (Lipinski definition) is 1.